The third-order valence-corrected chi connectivity index (χ3v) is 2.99. The highest BCUT2D eigenvalue weighted by atomic mass is 28.3. The molecule has 0 aromatic heterocycles. The maximum Gasteiger partial charge on any atom is 0.124 e. The Bertz CT molecular complexity index is 106. The monoisotopic (exact) mass is 161 g/mol. The summed E-state index contributed by atoms with van der Waals surface area (Å²) in [6, 6.07) is 0. The van der Waals surface area contributed by atoms with Gasteiger partial charge >= 0.3 is 0 Å². The molecule has 56 valence electrons. The minimum absolute atomic E-state index is 0.0669. The van der Waals surface area contributed by atoms with Crippen molar-refractivity contribution in [3.05, 3.63) is 14.7 Å². The smallest absolute Gasteiger partial charge is 0.124 e. The van der Waals surface area contributed by atoms with Crippen LogP contribution in [0, 0.1) is 14.7 Å². The molecule has 6 nitrogen and oxygen atoms in total. The summed E-state index contributed by atoms with van der Waals surface area (Å²) < 4.78 is 0. The lowest BCUT2D eigenvalue weighted by Gasteiger charge is -1.97. The van der Waals surface area contributed by atoms with Gasteiger partial charge in [0.2, 0.25) is 0 Å². The summed E-state index contributed by atoms with van der Waals surface area (Å²) in [5, 5.41) is 7.76. The minimum atomic E-state index is -1.67. The van der Waals surface area contributed by atoms with Crippen molar-refractivity contribution in [1.29, 1.82) is 0 Å². The van der Waals surface area contributed by atoms with Crippen molar-refractivity contribution >= 4 is 8.80 Å². The van der Waals surface area contributed by atoms with Gasteiger partial charge in [-0.3, -0.25) is 0 Å². The largest absolute Gasteiger partial charge is 0.151 e. The number of nitroso groups, excluding NO2 is 3. The summed E-state index contributed by atoms with van der Waals surface area (Å²) in [6.45, 7) is 0. The maximum atomic E-state index is 9.66. The van der Waals surface area contributed by atoms with Gasteiger partial charge in [-0.1, -0.05) is 15.5 Å². The van der Waals surface area contributed by atoms with Crippen LogP contribution in [0.2, 0.25) is 0 Å². The van der Waals surface area contributed by atoms with Crippen molar-refractivity contribution in [3.63, 3.8) is 0 Å². The third kappa shape index (κ3) is 3.95. The topological polar surface area (TPSA) is 88.3 Å². The van der Waals surface area contributed by atoms with Gasteiger partial charge in [0.05, 0.1) is 18.5 Å². The highest BCUT2D eigenvalue weighted by Crippen LogP contribution is 1.86. The Balaban J connectivity index is 3.58. The second-order valence-electron chi connectivity index (χ2n) is 1.80. The second-order valence-corrected chi connectivity index (χ2v) is 4.63. The van der Waals surface area contributed by atoms with Crippen LogP contribution in [0.1, 0.15) is 0 Å². The van der Waals surface area contributed by atoms with E-state index in [4.69, 9.17) is 0 Å². The molecule has 7 heteroatoms. The molecule has 0 rings (SSSR count). The Labute approximate surface area is 58.5 Å². The van der Waals surface area contributed by atoms with Gasteiger partial charge < -0.3 is 0 Å². The van der Waals surface area contributed by atoms with Crippen LogP contribution in [0.15, 0.2) is 15.5 Å². The lowest BCUT2D eigenvalue weighted by atomic mass is 11.4. The van der Waals surface area contributed by atoms with Crippen molar-refractivity contribution in [2.45, 2.75) is 0 Å². The van der Waals surface area contributed by atoms with Crippen molar-refractivity contribution in [1.82, 2.24) is 0 Å². The predicted octanol–water partition coefficient (Wildman–Crippen LogP) is 0.130. The molecule has 10 heavy (non-hydrogen) atoms. The van der Waals surface area contributed by atoms with E-state index < -0.39 is 8.80 Å². The zero-order valence-corrected chi connectivity index (χ0v) is 6.42. The van der Waals surface area contributed by atoms with Gasteiger partial charge in [-0.15, -0.1) is 0 Å². The highest BCUT2D eigenvalue weighted by Gasteiger charge is 2.11. The molecular formula is C3H7N3O3Si. The quantitative estimate of drug-likeness (QED) is 0.409. The van der Waals surface area contributed by atoms with Crippen molar-refractivity contribution in [2.75, 3.05) is 18.5 Å². The molecule has 0 bridgehead atoms. The van der Waals surface area contributed by atoms with Crippen molar-refractivity contribution in [2.24, 2.45) is 15.5 Å². The van der Waals surface area contributed by atoms with Gasteiger partial charge in [0, 0.05) is 0 Å². The Kier molecular flexibility index (Phi) is 5.54. The molecule has 0 spiro atoms. The van der Waals surface area contributed by atoms with Gasteiger partial charge in [0.25, 0.3) is 0 Å². The molecule has 0 radical (unpaired) electrons. The fourth-order valence-electron chi connectivity index (χ4n) is 0.489. The standard InChI is InChI=1S/C3H7N3O3Si/c7-4-1-10(2-5-8)3-6-9/h10H,1-3H2. The summed E-state index contributed by atoms with van der Waals surface area (Å²) in [5.41, 5.74) is 0. The first kappa shape index (κ1) is 9.02. The molecule has 0 saturated carbocycles. The number of hydrogen-bond donors (Lipinski definition) is 0. The van der Waals surface area contributed by atoms with Gasteiger partial charge in [0.1, 0.15) is 8.80 Å². The number of rotatable bonds is 6. The van der Waals surface area contributed by atoms with Gasteiger partial charge in [0.15, 0.2) is 0 Å². The Morgan fingerprint density at radius 2 is 1.10 bits per heavy atom. The molecular weight excluding hydrogens is 154 g/mol. The van der Waals surface area contributed by atoms with Gasteiger partial charge in [-0.05, 0) is 0 Å². The molecule has 0 atom stereocenters. The average molecular weight is 161 g/mol. The van der Waals surface area contributed by atoms with E-state index in [1.165, 1.54) is 0 Å². The molecule has 0 heterocycles. The Morgan fingerprint density at radius 3 is 1.30 bits per heavy atom. The normalized spacial score (nSPS) is 9.30. The molecule has 0 aromatic rings. The SMILES string of the molecule is O=NC[SiH](CN=O)CN=O. The summed E-state index contributed by atoms with van der Waals surface area (Å²) in [7, 11) is -1.67. The van der Waals surface area contributed by atoms with E-state index in [1.807, 2.05) is 0 Å². The van der Waals surface area contributed by atoms with Crippen LogP contribution in [-0.2, 0) is 0 Å². The van der Waals surface area contributed by atoms with Crippen LogP contribution in [0.3, 0.4) is 0 Å². The van der Waals surface area contributed by atoms with E-state index in [9.17, 15) is 14.7 Å². The summed E-state index contributed by atoms with van der Waals surface area (Å²) >= 11 is 0. The van der Waals surface area contributed by atoms with Crippen LogP contribution in [-0.4, -0.2) is 27.3 Å². The molecule has 0 N–H and O–H groups in total. The molecule has 0 aliphatic carbocycles. The van der Waals surface area contributed by atoms with Gasteiger partial charge in [-0.25, -0.2) is 0 Å². The van der Waals surface area contributed by atoms with Crippen LogP contribution >= 0.6 is 0 Å². The number of nitrogens with zero attached hydrogens (tertiary/aromatic N) is 3. The average Bonchev–Trinajstić information content (AvgIpc) is 1.90. The van der Waals surface area contributed by atoms with E-state index in [0.717, 1.165) is 0 Å². The van der Waals surface area contributed by atoms with E-state index in [-0.39, 0.29) is 18.5 Å². The summed E-state index contributed by atoms with van der Waals surface area (Å²) in [5.74, 6) is 0. The second kappa shape index (κ2) is 6.14. The van der Waals surface area contributed by atoms with Crippen LogP contribution < -0.4 is 0 Å². The highest BCUT2D eigenvalue weighted by molar-refractivity contribution is 6.59. The summed E-state index contributed by atoms with van der Waals surface area (Å²) in [4.78, 5) is 29.0. The first-order valence-electron chi connectivity index (χ1n) is 2.72. The minimum Gasteiger partial charge on any atom is -0.151 e. The van der Waals surface area contributed by atoms with Crippen molar-refractivity contribution in [3.8, 4) is 0 Å². The van der Waals surface area contributed by atoms with Gasteiger partial charge in [-0.2, -0.15) is 14.7 Å². The molecule has 0 aliphatic heterocycles. The molecule has 0 unspecified atom stereocenters. The first-order valence-corrected chi connectivity index (χ1v) is 5.17. The zero-order valence-electron chi connectivity index (χ0n) is 5.27. The van der Waals surface area contributed by atoms with Crippen LogP contribution in [0.25, 0.3) is 0 Å². The lowest BCUT2D eigenvalue weighted by molar-refractivity contribution is 1.15. The van der Waals surface area contributed by atoms with E-state index in [0.29, 0.717) is 0 Å². The zero-order chi connectivity index (χ0) is 7.82. The fraction of sp³-hybridized carbons (Fsp3) is 1.00. The Hall–Kier alpha value is -0.983. The molecule has 0 aromatic carbocycles. The van der Waals surface area contributed by atoms with E-state index in [2.05, 4.69) is 15.5 Å². The van der Waals surface area contributed by atoms with Crippen LogP contribution in [0.5, 0.6) is 0 Å². The molecule has 0 saturated heterocycles. The third-order valence-electron chi connectivity index (χ3n) is 0.998. The molecule has 0 fully saturated rings. The lowest BCUT2D eigenvalue weighted by Crippen LogP contribution is -2.25. The summed E-state index contributed by atoms with van der Waals surface area (Å²) in [6.07, 6.45) is 0.201. The van der Waals surface area contributed by atoms with Crippen molar-refractivity contribution < 1.29 is 0 Å². The predicted molar refractivity (Wildman–Crippen MR) is 39.1 cm³/mol. The molecule has 0 aliphatic rings. The first-order chi connectivity index (χ1) is 4.85. The molecule has 0 amide bonds. The number of hydrogen-bond acceptors (Lipinski definition) is 6. The van der Waals surface area contributed by atoms with E-state index >= 15 is 0 Å². The Morgan fingerprint density at radius 1 is 0.800 bits per heavy atom. The van der Waals surface area contributed by atoms with Crippen LogP contribution in [0.4, 0.5) is 0 Å². The fourth-order valence-corrected chi connectivity index (χ4v) is 1.47. The van der Waals surface area contributed by atoms with E-state index in [1.54, 1.807) is 0 Å². The maximum absolute atomic E-state index is 9.66.